The minimum atomic E-state index is 0.634. The van der Waals surface area contributed by atoms with Crippen LogP contribution in [0.4, 0.5) is 0 Å². The van der Waals surface area contributed by atoms with Crippen molar-refractivity contribution >= 4 is 32.3 Å². The lowest BCUT2D eigenvalue weighted by Crippen LogP contribution is -2.00. The minimum absolute atomic E-state index is 0.634. The maximum absolute atomic E-state index is 4.89. The largest absolute Gasteiger partial charge is 0.256 e. The first kappa shape index (κ1) is 20.7. The molecule has 5 rings (SSSR count). The van der Waals surface area contributed by atoms with E-state index in [9.17, 15) is 0 Å². The van der Waals surface area contributed by atoms with Crippen molar-refractivity contribution in [2.24, 2.45) is 11.8 Å². The molecule has 0 saturated carbocycles. The van der Waals surface area contributed by atoms with Crippen LogP contribution in [0.2, 0.25) is 0 Å². The van der Waals surface area contributed by atoms with Gasteiger partial charge in [-0.2, -0.15) is 0 Å². The van der Waals surface area contributed by atoms with E-state index >= 15 is 0 Å². The molecular weight excluding hydrogens is 386 g/mol. The van der Waals surface area contributed by atoms with Crippen molar-refractivity contribution in [3.8, 4) is 11.3 Å². The summed E-state index contributed by atoms with van der Waals surface area (Å²) in [4.78, 5) is 4.89. The van der Waals surface area contributed by atoms with Crippen LogP contribution in [0.15, 0.2) is 79.0 Å². The number of fused-ring (bicyclic) bond motifs is 5. The van der Waals surface area contributed by atoms with Crippen LogP contribution in [0.25, 0.3) is 43.6 Å². The van der Waals surface area contributed by atoms with Gasteiger partial charge in [-0.15, -0.1) is 0 Å². The van der Waals surface area contributed by atoms with Gasteiger partial charge in [0.1, 0.15) is 0 Å². The van der Waals surface area contributed by atoms with E-state index in [0.717, 1.165) is 18.5 Å². The van der Waals surface area contributed by atoms with Gasteiger partial charge in [-0.3, -0.25) is 4.98 Å². The predicted molar refractivity (Wildman–Crippen MR) is 139 cm³/mol. The van der Waals surface area contributed by atoms with Crippen LogP contribution in [-0.4, -0.2) is 4.98 Å². The summed E-state index contributed by atoms with van der Waals surface area (Å²) in [5.74, 6) is 1.27. The van der Waals surface area contributed by atoms with Gasteiger partial charge >= 0.3 is 0 Å². The average molecular weight is 418 g/mol. The molecule has 1 aromatic heterocycles. The second-order valence-electron chi connectivity index (χ2n) is 9.94. The topological polar surface area (TPSA) is 12.9 Å². The quantitative estimate of drug-likeness (QED) is 0.261. The Balaban J connectivity index is 1.74. The molecule has 0 aliphatic rings. The second-order valence-corrected chi connectivity index (χ2v) is 9.94. The second kappa shape index (κ2) is 8.39. The Morgan fingerprint density at radius 2 is 1.19 bits per heavy atom. The summed E-state index contributed by atoms with van der Waals surface area (Å²) in [5, 5.41) is 7.70. The van der Waals surface area contributed by atoms with E-state index < -0.39 is 0 Å². The number of hydrogen-bond acceptors (Lipinski definition) is 1. The Labute approximate surface area is 191 Å². The van der Waals surface area contributed by atoms with Crippen LogP contribution in [0.1, 0.15) is 38.8 Å². The van der Waals surface area contributed by atoms with Gasteiger partial charge in [0.15, 0.2) is 0 Å². The predicted octanol–water partition coefficient (Wildman–Crippen LogP) is 8.61. The van der Waals surface area contributed by atoms with Gasteiger partial charge in [0.05, 0.1) is 5.69 Å². The zero-order valence-electron chi connectivity index (χ0n) is 19.5. The SMILES string of the molecule is CC(C)Cc1cc(CC(C)C)cc(-c2nccc3c2ccc2c4ccccc4ccc32)c1. The first-order chi connectivity index (χ1) is 15.5. The van der Waals surface area contributed by atoms with E-state index in [-0.39, 0.29) is 0 Å². The van der Waals surface area contributed by atoms with Crippen LogP contribution in [0.5, 0.6) is 0 Å². The van der Waals surface area contributed by atoms with Crippen LogP contribution in [0, 0.1) is 11.8 Å². The molecular formula is C31H31N. The summed E-state index contributed by atoms with van der Waals surface area (Å²) < 4.78 is 0. The first-order valence-corrected chi connectivity index (χ1v) is 11.8. The lowest BCUT2D eigenvalue weighted by Gasteiger charge is -2.15. The molecule has 0 aliphatic carbocycles. The highest BCUT2D eigenvalue weighted by atomic mass is 14.7. The maximum atomic E-state index is 4.89. The molecule has 0 amide bonds. The number of benzene rings is 4. The third-order valence-corrected chi connectivity index (χ3v) is 6.28. The van der Waals surface area contributed by atoms with Crippen molar-refractivity contribution in [2.75, 3.05) is 0 Å². The zero-order chi connectivity index (χ0) is 22.2. The summed E-state index contributed by atoms with van der Waals surface area (Å²) in [6, 6.07) is 27.0. The molecule has 0 atom stereocenters. The van der Waals surface area contributed by atoms with Gasteiger partial charge in [0.2, 0.25) is 0 Å². The summed E-state index contributed by atoms with van der Waals surface area (Å²) in [5.41, 5.74) is 5.16. The molecule has 1 nitrogen and oxygen atoms in total. The van der Waals surface area contributed by atoms with Gasteiger partial charge in [-0.25, -0.2) is 0 Å². The van der Waals surface area contributed by atoms with Crippen LogP contribution >= 0.6 is 0 Å². The van der Waals surface area contributed by atoms with Crippen molar-refractivity contribution < 1.29 is 0 Å². The number of aromatic nitrogens is 1. The lowest BCUT2D eigenvalue weighted by molar-refractivity contribution is 0.636. The van der Waals surface area contributed by atoms with Gasteiger partial charge in [0, 0.05) is 17.1 Å². The smallest absolute Gasteiger partial charge is 0.0780 e. The number of nitrogens with zero attached hydrogens (tertiary/aromatic N) is 1. The third kappa shape index (κ3) is 3.88. The fraction of sp³-hybridized carbons (Fsp3) is 0.258. The van der Waals surface area contributed by atoms with E-state index in [2.05, 4.69) is 100 Å². The highest BCUT2D eigenvalue weighted by Gasteiger charge is 2.12. The highest BCUT2D eigenvalue weighted by Crippen LogP contribution is 2.35. The summed E-state index contributed by atoms with van der Waals surface area (Å²) >= 11 is 0. The number of rotatable bonds is 5. The molecule has 0 N–H and O–H groups in total. The number of hydrogen-bond donors (Lipinski definition) is 0. The van der Waals surface area contributed by atoms with E-state index in [1.165, 1.54) is 49.0 Å². The molecule has 32 heavy (non-hydrogen) atoms. The Hall–Kier alpha value is -3.19. The van der Waals surface area contributed by atoms with Crippen molar-refractivity contribution in [3.05, 3.63) is 90.1 Å². The zero-order valence-corrected chi connectivity index (χ0v) is 19.5. The van der Waals surface area contributed by atoms with Crippen molar-refractivity contribution in [1.82, 2.24) is 4.98 Å². The minimum Gasteiger partial charge on any atom is -0.256 e. The standard InChI is InChI=1S/C31H31N/c1-20(2)15-22-17-23(16-21(3)4)19-25(18-22)31-30-12-11-27-26-8-6-5-7-24(26)9-10-28(27)29(30)13-14-32-31/h5-14,17-21H,15-16H2,1-4H3. The third-order valence-electron chi connectivity index (χ3n) is 6.28. The molecule has 1 heterocycles. The van der Waals surface area contributed by atoms with E-state index in [1.807, 2.05) is 6.20 Å². The van der Waals surface area contributed by atoms with Crippen LogP contribution < -0.4 is 0 Å². The molecule has 160 valence electrons. The number of pyridine rings is 1. The van der Waals surface area contributed by atoms with Crippen molar-refractivity contribution in [2.45, 2.75) is 40.5 Å². The van der Waals surface area contributed by atoms with Gasteiger partial charge < -0.3 is 0 Å². The highest BCUT2D eigenvalue weighted by molar-refractivity contribution is 6.18. The molecule has 0 bridgehead atoms. The summed E-state index contributed by atoms with van der Waals surface area (Å²) in [6.07, 6.45) is 4.17. The Bertz CT molecular complexity index is 1400. The van der Waals surface area contributed by atoms with E-state index in [0.29, 0.717) is 11.8 Å². The molecule has 4 aromatic carbocycles. The summed E-state index contributed by atoms with van der Waals surface area (Å²) in [6.45, 7) is 9.17. The van der Waals surface area contributed by atoms with Crippen molar-refractivity contribution in [3.63, 3.8) is 0 Å². The molecule has 5 aromatic rings. The van der Waals surface area contributed by atoms with Crippen LogP contribution in [-0.2, 0) is 12.8 Å². The maximum Gasteiger partial charge on any atom is 0.0780 e. The molecule has 1 heteroatoms. The normalized spacial score (nSPS) is 11.9. The van der Waals surface area contributed by atoms with Crippen molar-refractivity contribution in [1.29, 1.82) is 0 Å². The fourth-order valence-electron chi connectivity index (χ4n) is 5.06. The molecule has 0 fully saturated rings. The Kier molecular flexibility index (Phi) is 5.43. The lowest BCUT2D eigenvalue weighted by atomic mass is 9.91. The average Bonchev–Trinajstić information content (AvgIpc) is 2.77. The van der Waals surface area contributed by atoms with Gasteiger partial charge in [0.25, 0.3) is 0 Å². The molecule has 0 saturated heterocycles. The molecule has 0 unspecified atom stereocenters. The Morgan fingerprint density at radius 3 is 1.91 bits per heavy atom. The molecule has 0 spiro atoms. The fourth-order valence-corrected chi connectivity index (χ4v) is 5.06. The molecule has 0 radical (unpaired) electrons. The summed E-state index contributed by atoms with van der Waals surface area (Å²) in [7, 11) is 0. The van der Waals surface area contributed by atoms with E-state index in [1.54, 1.807) is 0 Å². The van der Waals surface area contributed by atoms with Gasteiger partial charge in [-0.05, 0) is 80.9 Å². The Morgan fingerprint density at radius 1 is 0.594 bits per heavy atom. The van der Waals surface area contributed by atoms with E-state index in [4.69, 9.17) is 4.98 Å². The van der Waals surface area contributed by atoms with Crippen LogP contribution in [0.3, 0.4) is 0 Å². The first-order valence-electron chi connectivity index (χ1n) is 11.8. The molecule has 0 aliphatic heterocycles. The monoisotopic (exact) mass is 417 g/mol. The van der Waals surface area contributed by atoms with Gasteiger partial charge in [-0.1, -0.05) is 82.3 Å².